The average Bonchev–Trinajstić information content (AvgIpc) is 2.21. The van der Waals surface area contributed by atoms with E-state index in [0.29, 0.717) is 5.92 Å². The van der Waals surface area contributed by atoms with Gasteiger partial charge in [0, 0.05) is 12.6 Å². The molecule has 2 unspecified atom stereocenters. The molecule has 0 bridgehead atoms. The van der Waals surface area contributed by atoms with E-state index in [0.717, 1.165) is 19.3 Å². The number of amides is 2. The van der Waals surface area contributed by atoms with Crippen molar-refractivity contribution in [2.24, 2.45) is 5.92 Å². The molecule has 16 heavy (non-hydrogen) atoms. The van der Waals surface area contributed by atoms with Crippen LogP contribution in [0.25, 0.3) is 0 Å². The Labute approximate surface area is 95.6 Å². The quantitative estimate of drug-likeness (QED) is 0.679. The van der Waals surface area contributed by atoms with Crippen LogP contribution in [-0.4, -0.2) is 29.7 Å². The van der Waals surface area contributed by atoms with Crippen LogP contribution in [-0.2, 0) is 4.79 Å². The van der Waals surface area contributed by atoms with E-state index in [-0.39, 0.29) is 25.0 Å². The van der Waals surface area contributed by atoms with E-state index in [1.807, 2.05) is 0 Å². The second-order valence-electron chi connectivity index (χ2n) is 4.41. The molecule has 1 saturated carbocycles. The highest BCUT2D eigenvalue weighted by Gasteiger charge is 2.22. The summed E-state index contributed by atoms with van der Waals surface area (Å²) in [6, 6.07) is -0.0152. The molecule has 0 aliphatic heterocycles. The number of carbonyl (C=O) groups is 2. The Morgan fingerprint density at radius 3 is 2.62 bits per heavy atom. The molecule has 5 nitrogen and oxygen atoms in total. The molecule has 1 aliphatic rings. The smallest absolute Gasteiger partial charge is 0.315 e. The molecule has 0 radical (unpaired) electrons. The Bertz CT molecular complexity index is 256. The van der Waals surface area contributed by atoms with Gasteiger partial charge < -0.3 is 15.7 Å². The topological polar surface area (TPSA) is 78.4 Å². The molecule has 92 valence electrons. The van der Waals surface area contributed by atoms with Crippen LogP contribution in [0.5, 0.6) is 0 Å². The van der Waals surface area contributed by atoms with Gasteiger partial charge in [-0.15, -0.1) is 0 Å². The number of carboxylic acids is 1. The van der Waals surface area contributed by atoms with Crippen LogP contribution in [0.3, 0.4) is 0 Å². The number of nitrogens with one attached hydrogen (secondary N) is 2. The van der Waals surface area contributed by atoms with Gasteiger partial charge in [0.1, 0.15) is 0 Å². The number of urea groups is 1. The van der Waals surface area contributed by atoms with Crippen LogP contribution in [0, 0.1) is 5.92 Å². The number of rotatable bonds is 4. The number of carboxylic acid groups (broad SMARTS) is 1. The van der Waals surface area contributed by atoms with E-state index >= 15 is 0 Å². The monoisotopic (exact) mass is 228 g/mol. The predicted octanol–water partition coefficient (Wildman–Crippen LogP) is 1.34. The normalized spacial score (nSPS) is 24.8. The fourth-order valence-electron chi connectivity index (χ4n) is 2.03. The molecule has 0 saturated heterocycles. The van der Waals surface area contributed by atoms with Gasteiger partial charge in [0.2, 0.25) is 0 Å². The second-order valence-corrected chi connectivity index (χ2v) is 4.41. The fraction of sp³-hybridized carbons (Fsp3) is 0.818. The van der Waals surface area contributed by atoms with Gasteiger partial charge in [-0.1, -0.05) is 19.8 Å². The molecule has 0 heterocycles. The van der Waals surface area contributed by atoms with Crippen molar-refractivity contribution in [1.29, 1.82) is 0 Å². The maximum Gasteiger partial charge on any atom is 0.315 e. The van der Waals surface area contributed by atoms with Gasteiger partial charge in [-0.05, 0) is 18.8 Å². The summed E-state index contributed by atoms with van der Waals surface area (Å²) >= 11 is 0. The Morgan fingerprint density at radius 2 is 2.00 bits per heavy atom. The minimum atomic E-state index is -0.897. The fourth-order valence-corrected chi connectivity index (χ4v) is 2.03. The lowest BCUT2D eigenvalue weighted by Crippen LogP contribution is -2.46. The van der Waals surface area contributed by atoms with Gasteiger partial charge in [0.25, 0.3) is 0 Å². The van der Waals surface area contributed by atoms with Crippen molar-refractivity contribution < 1.29 is 14.7 Å². The summed E-state index contributed by atoms with van der Waals surface area (Å²) in [6.07, 6.45) is 4.53. The molecular weight excluding hydrogens is 208 g/mol. The standard InChI is InChI=1S/C11H20N2O3/c1-8-4-2-3-5-9(8)13-11(16)12-7-6-10(14)15/h8-9H,2-7H2,1H3,(H,14,15)(H2,12,13,16). The average molecular weight is 228 g/mol. The first-order chi connectivity index (χ1) is 7.59. The van der Waals surface area contributed by atoms with Crippen molar-refractivity contribution in [3.8, 4) is 0 Å². The summed E-state index contributed by atoms with van der Waals surface area (Å²) < 4.78 is 0. The molecule has 2 atom stereocenters. The van der Waals surface area contributed by atoms with Crippen LogP contribution in [0.1, 0.15) is 39.0 Å². The van der Waals surface area contributed by atoms with Crippen LogP contribution in [0.2, 0.25) is 0 Å². The molecule has 0 aromatic heterocycles. The zero-order chi connectivity index (χ0) is 12.0. The highest BCUT2D eigenvalue weighted by Crippen LogP contribution is 2.23. The summed E-state index contributed by atoms with van der Waals surface area (Å²) in [5.41, 5.74) is 0. The molecule has 1 rings (SSSR count). The van der Waals surface area contributed by atoms with Gasteiger partial charge in [-0.3, -0.25) is 4.79 Å². The van der Waals surface area contributed by atoms with Gasteiger partial charge >= 0.3 is 12.0 Å². The number of aliphatic carboxylic acids is 1. The summed E-state index contributed by atoms with van der Waals surface area (Å²) in [5.74, 6) is -0.384. The van der Waals surface area contributed by atoms with Crippen LogP contribution < -0.4 is 10.6 Å². The summed E-state index contributed by atoms with van der Waals surface area (Å²) in [6.45, 7) is 2.32. The number of hydrogen-bond acceptors (Lipinski definition) is 2. The molecule has 2 amide bonds. The van der Waals surface area contributed by atoms with Crippen LogP contribution in [0.15, 0.2) is 0 Å². The zero-order valence-corrected chi connectivity index (χ0v) is 9.66. The third-order valence-electron chi connectivity index (χ3n) is 3.05. The lowest BCUT2D eigenvalue weighted by atomic mass is 9.86. The van der Waals surface area contributed by atoms with Gasteiger partial charge in [0.05, 0.1) is 6.42 Å². The maximum atomic E-state index is 11.4. The molecule has 5 heteroatoms. The summed E-state index contributed by atoms with van der Waals surface area (Å²) in [4.78, 5) is 21.7. The molecule has 0 spiro atoms. The van der Waals surface area contributed by atoms with Crippen molar-refractivity contribution in [3.05, 3.63) is 0 Å². The van der Waals surface area contributed by atoms with Crippen LogP contribution in [0.4, 0.5) is 4.79 Å². The zero-order valence-electron chi connectivity index (χ0n) is 9.66. The Balaban J connectivity index is 2.19. The van der Waals surface area contributed by atoms with E-state index in [2.05, 4.69) is 17.6 Å². The third-order valence-corrected chi connectivity index (χ3v) is 3.05. The van der Waals surface area contributed by atoms with Crippen molar-refractivity contribution in [3.63, 3.8) is 0 Å². The number of carbonyl (C=O) groups excluding carboxylic acids is 1. The summed E-state index contributed by atoms with van der Waals surface area (Å²) in [5, 5.41) is 13.9. The van der Waals surface area contributed by atoms with Gasteiger partial charge in [0.15, 0.2) is 0 Å². The first-order valence-electron chi connectivity index (χ1n) is 5.85. The highest BCUT2D eigenvalue weighted by atomic mass is 16.4. The molecule has 3 N–H and O–H groups in total. The van der Waals surface area contributed by atoms with E-state index in [1.165, 1.54) is 6.42 Å². The predicted molar refractivity (Wildman–Crippen MR) is 60.2 cm³/mol. The number of hydrogen-bond donors (Lipinski definition) is 3. The molecule has 1 aliphatic carbocycles. The third kappa shape index (κ3) is 4.51. The first kappa shape index (κ1) is 12.8. The Morgan fingerprint density at radius 1 is 1.31 bits per heavy atom. The minimum Gasteiger partial charge on any atom is -0.481 e. The van der Waals surface area contributed by atoms with E-state index < -0.39 is 5.97 Å². The highest BCUT2D eigenvalue weighted by molar-refractivity contribution is 5.75. The van der Waals surface area contributed by atoms with Crippen molar-refractivity contribution in [2.45, 2.75) is 45.1 Å². The van der Waals surface area contributed by atoms with Crippen LogP contribution >= 0.6 is 0 Å². The van der Waals surface area contributed by atoms with Gasteiger partial charge in [-0.25, -0.2) is 4.79 Å². The van der Waals surface area contributed by atoms with E-state index in [1.54, 1.807) is 0 Å². The Hall–Kier alpha value is -1.26. The molecule has 0 aromatic carbocycles. The van der Waals surface area contributed by atoms with Crippen molar-refractivity contribution in [2.75, 3.05) is 6.54 Å². The molecule has 1 fully saturated rings. The molecule has 0 aromatic rings. The molecular formula is C11H20N2O3. The minimum absolute atomic E-state index is 0.0341. The lowest BCUT2D eigenvalue weighted by molar-refractivity contribution is -0.136. The van der Waals surface area contributed by atoms with Gasteiger partial charge in [-0.2, -0.15) is 0 Å². The first-order valence-corrected chi connectivity index (χ1v) is 5.85. The largest absolute Gasteiger partial charge is 0.481 e. The van der Waals surface area contributed by atoms with Crippen molar-refractivity contribution >= 4 is 12.0 Å². The van der Waals surface area contributed by atoms with E-state index in [9.17, 15) is 9.59 Å². The van der Waals surface area contributed by atoms with Crippen molar-refractivity contribution in [1.82, 2.24) is 10.6 Å². The maximum absolute atomic E-state index is 11.4. The SMILES string of the molecule is CC1CCCCC1NC(=O)NCCC(=O)O. The summed E-state index contributed by atoms with van der Waals surface area (Å²) in [7, 11) is 0. The second kappa shape index (κ2) is 6.35. The lowest BCUT2D eigenvalue weighted by Gasteiger charge is -2.29. The van der Waals surface area contributed by atoms with E-state index in [4.69, 9.17) is 5.11 Å². The Kier molecular flexibility index (Phi) is 5.08.